The van der Waals surface area contributed by atoms with Crippen molar-refractivity contribution in [3.8, 4) is 0 Å². The number of nitrogens with zero attached hydrogens (tertiary/aromatic N) is 8. The molecule has 0 aliphatic heterocycles. The summed E-state index contributed by atoms with van der Waals surface area (Å²) in [6.45, 7) is 3.15. The molecule has 1 aliphatic rings. The van der Waals surface area contributed by atoms with Gasteiger partial charge in [-0.3, -0.25) is 23.6 Å². The molecule has 1 saturated carbocycles. The van der Waals surface area contributed by atoms with E-state index in [2.05, 4.69) is 30.2 Å². The number of hydrogen-bond donors (Lipinski definition) is 2. The maximum absolute atomic E-state index is 13.0. The first kappa shape index (κ1) is 25.7. The van der Waals surface area contributed by atoms with Gasteiger partial charge in [0.15, 0.2) is 11.2 Å². The van der Waals surface area contributed by atoms with Crippen LogP contribution in [0.15, 0.2) is 40.3 Å². The number of imidazole rings is 1. The van der Waals surface area contributed by atoms with E-state index in [1.807, 2.05) is 6.92 Å². The Morgan fingerprint density at radius 1 is 1.18 bits per heavy atom. The van der Waals surface area contributed by atoms with Gasteiger partial charge in [0, 0.05) is 32.9 Å². The third kappa shape index (κ3) is 5.23. The largest absolute Gasteiger partial charge is 0.468 e. The monoisotopic (exact) mass is 534 g/mol. The van der Waals surface area contributed by atoms with E-state index in [9.17, 15) is 24.5 Å². The van der Waals surface area contributed by atoms with E-state index < -0.39 is 16.8 Å². The van der Waals surface area contributed by atoms with Crippen molar-refractivity contribution in [2.75, 3.05) is 17.3 Å². The normalized spacial score (nSPS) is 13.0. The van der Waals surface area contributed by atoms with Crippen LogP contribution in [0, 0.1) is 16.0 Å². The molecular formula is C24H26N10O5. The fourth-order valence-corrected chi connectivity index (χ4v) is 4.12. The molecule has 0 aromatic carbocycles. The van der Waals surface area contributed by atoms with Crippen molar-refractivity contribution in [3.05, 3.63) is 72.8 Å². The lowest BCUT2D eigenvalue weighted by molar-refractivity contribution is -0.394. The SMILES string of the molecule is CCCn1c(=O)n(CC2CC2)c(=O)c2[nH]c(NCc3ccc(N(C)C(=O)c4cnc([N+](=O)[O-])nc4)nc3)nc21. The molecule has 4 aromatic heterocycles. The number of nitro groups is 1. The van der Waals surface area contributed by atoms with Gasteiger partial charge < -0.3 is 20.4 Å². The van der Waals surface area contributed by atoms with Crippen LogP contribution in [0.25, 0.3) is 11.2 Å². The number of anilines is 2. The lowest BCUT2D eigenvalue weighted by Gasteiger charge is -2.15. The van der Waals surface area contributed by atoms with E-state index >= 15 is 0 Å². The number of carbonyl (C=O) groups excluding carboxylic acids is 1. The molecule has 5 rings (SSSR count). The van der Waals surface area contributed by atoms with Gasteiger partial charge in [-0.05, 0) is 41.7 Å². The molecule has 0 saturated heterocycles. The molecule has 0 radical (unpaired) electrons. The van der Waals surface area contributed by atoms with Gasteiger partial charge in [-0.25, -0.2) is 9.78 Å². The van der Waals surface area contributed by atoms with E-state index in [1.165, 1.54) is 16.5 Å². The third-order valence-corrected chi connectivity index (χ3v) is 6.41. The summed E-state index contributed by atoms with van der Waals surface area (Å²) in [6, 6.07) is 3.42. The Morgan fingerprint density at radius 3 is 2.54 bits per heavy atom. The van der Waals surface area contributed by atoms with Crippen molar-refractivity contribution >= 4 is 34.8 Å². The Bertz CT molecular complexity index is 1650. The zero-order chi connectivity index (χ0) is 27.7. The summed E-state index contributed by atoms with van der Waals surface area (Å²) < 4.78 is 2.85. The van der Waals surface area contributed by atoms with Gasteiger partial charge in [0.1, 0.15) is 23.8 Å². The summed E-state index contributed by atoms with van der Waals surface area (Å²) in [5.41, 5.74) is 0.763. The Balaban J connectivity index is 1.30. The molecule has 39 heavy (non-hydrogen) atoms. The lowest BCUT2D eigenvalue weighted by atomic mass is 10.2. The summed E-state index contributed by atoms with van der Waals surface area (Å²) in [5, 5.41) is 13.8. The Labute approximate surface area is 220 Å². The molecule has 1 fully saturated rings. The number of aromatic nitrogens is 7. The Hall–Kier alpha value is -4.95. The number of aromatic amines is 1. The van der Waals surface area contributed by atoms with Gasteiger partial charge in [0.25, 0.3) is 11.5 Å². The second kappa shape index (κ2) is 10.4. The molecule has 0 unspecified atom stereocenters. The van der Waals surface area contributed by atoms with Crippen LogP contribution in [0.4, 0.5) is 17.7 Å². The van der Waals surface area contributed by atoms with E-state index in [1.54, 1.807) is 22.9 Å². The minimum absolute atomic E-state index is 0.0817. The minimum Gasteiger partial charge on any atom is -0.390 e. The van der Waals surface area contributed by atoms with Crippen molar-refractivity contribution in [2.24, 2.45) is 5.92 Å². The number of hydrogen-bond acceptors (Lipinski definition) is 10. The summed E-state index contributed by atoms with van der Waals surface area (Å²) in [6.07, 6.45) is 6.53. The summed E-state index contributed by atoms with van der Waals surface area (Å²) in [5.74, 6) is 0.00801. The van der Waals surface area contributed by atoms with Crippen LogP contribution in [0.1, 0.15) is 42.1 Å². The molecule has 1 aliphatic carbocycles. The molecule has 0 atom stereocenters. The topological polar surface area (TPSA) is 187 Å². The average molecular weight is 535 g/mol. The zero-order valence-corrected chi connectivity index (χ0v) is 21.3. The fraction of sp³-hybridized carbons (Fsp3) is 0.375. The van der Waals surface area contributed by atoms with Crippen molar-refractivity contribution in [3.63, 3.8) is 0 Å². The predicted molar refractivity (Wildman–Crippen MR) is 141 cm³/mol. The van der Waals surface area contributed by atoms with Crippen LogP contribution < -0.4 is 21.5 Å². The second-order valence-electron chi connectivity index (χ2n) is 9.35. The van der Waals surface area contributed by atoms with Gasteiger partial charge >= 0.3 is 11.6 Å². The lowest BCUT2D eigenvalue weighted by Crippen LogP contribution is -2.40. The quantitative estimate of drug-likeness (QED) is 0.224. The number of aryl methyl sites for hydroxylation is 1. The molecule has 2 N–H and O–H groups in total. The molecule has 0 bridgehead atoms. The summed E-state index contributed by atoms with van der Waals surface area (Å²) >= 11 is 0. The number of H-pyrrole nitrogens is 1. The number of rotatable bonds is 10. The highest BCUT2D eigenvalue weighted by Crippen LogP contribution is 2.29. The third-order valence-electron chi connectivity index (χ3n) is 6.41. The molecule has 15 heteroatoms. The standard InChI is InChI=1S/C24H26N10O5/c1-3-8-32-19-18(21(36)33(24(32)37)13-14-4-5-14)29-22(30-19)26-10-15-6-7-17(25-9-15)31(2)20(35)16-11-27-23(28-12-16)34(38)39/h6-7,9,11-12,14H,3-5,8,10,13H2,1-2H3,(H2,26,29,30). The molecule has 202 valence electrons. The first-order valence-corrected chi connectivity index (χ1v) is 12.4. The van der Waals surface area contributed by atoms with Crippen LogP contribution in [-0.4, -0.2) is 51.9 Å². The molecule has 4 aromatic rings. The molecule has 4 heterocycles. The van der Waals surface area contributed by atoms with E-state index in [-0.39, 0.29) is 22.3 Å². The van der Waals surface area contributed by atoms with Crippen LogP contribution in [0.3, 0.4) is 0 Å². The van der Waals surface area contributed by atoms with Crippen LogP contribution in [0.5, 0.6) is 0 Å². The first-order chi connectivity index (χ1) is 18.8. The van der Waals surface area contributed by atoms with Gasteiger partial charge in [0.05, 0.1) is 0 Å². The highest BCUT2D eigenvalue weighted by Gasteiger charge is 2.26. The minimum atomic E-state index is -0.743. The van der Waals surface area contributed by atoms with Crippen molar-refractivity contribution in [1.29, 1.82) is 0 Å². The van der Waals surface area contributed by atoms with Crippen molar-refractivity contribution in [2.45, 2.75) is 45.8 Å². The highest BCUT2D eigenvalue weighted by molar-refractivity contribution is 6.04. The molecule has 15 nitrogen and oxygen atoms in total. The molecule has 0 spiro atoms. The number of nitrogens with one attached hydrogen (secondary N) is 2. The number of amides is 1. The maximum atomic E-state index is 13.0. The predicted octanol–water partition coefficient (Wildman–Crippen LogP) is 1.69. The molecular weight excluding hydrogens is 508 g/mol. The smallest absolute Gasteiger partial charge is 0.390 e. The Morgan fingerprint density at radius 2 is 1.92 bits per heavy atom. The van der Waals surface area contributed by atoms with Gasteiger partial charge in [-0.15, -0.1) is 0 Å². The average Bonchev–Trinajstić information content (AvgIpc) is 3.67. The van der Waals surface area contributed by atoms with E-state index in [4.69, 9.17) is 0 Å². The highest BCUT2D eigenvalue weighted by atomic mass is 16.6. The maximum Gasteiger partial charge on any atom is 0.468 e. The zero-order valence-electron chi connectivity index (χ0n) is 21.3. The fourth-order valence-electron chi connectivity index (χ4n) is 4.12. The first-order valence-electron chi connectivity index (χ1n) is 12.4. The van der Waals surface area contributed by atoms with Gasteiger partial charge in [-0.2, -0.15) is 4.98 Å². The number of fused-ring (bicyclic) bond motifs is 1. The van der Waals surface area contributed by atoms with Crippen LogP contribution in [0.2, 0.25) is 0 Å². The summed E-state index contributed by atoms with van der Waals surface area (Å²) in [4.78, 5) is 68.9. The van der Waals surface area contributed by atoms with Crippen LogP contribution in [-0.2, 0) is 19.6 Å². The Kier molecular flexibility index (Phi) is 6.87. The van der Waals surface area contributed by atoms with Gasteiger partial charge in [0.2, 0.25) is 5.95 Å². The van der Waals surface area contributed by atoms with Crippen LogP contribution >= 0.6 is 0 Å². The number of carbonyl (C=O) groups is 1. The van der Waals surface area contributed by atoms with E-state index in [0.717, 1.165) is 37.2 Å². The number of pyridine rings is 1. The van der Waals surface area contributed by atoms with Crippen molar-refractivity contribution < 1.29 is 9.72 Å². The second-order valence-corrected chi connectivity index (χ2v) is 9.35. The van der Waals surface area contributed by atoms with Crippen molar-refractivity contribution in [1.82, 2.24) is 34.1 Å². The van der Waals surface area contributed by atoms with Gasteiger partial charge in [-0.1, -0.05) is 23.0 Å². The van der Waals surface area contributed by atoms with E-state index in [0.29, 0.717) is 43.0 Å². The molecule has 1 amide bonds. The summed E-state index contributed by atoms with van der Waals surface area (Å²) in [7, 11) is 1.52.